The third kappa shape index (κ3) is 4.13. The standard InChI is InChI=1S/C15H22N2O3/c1-15(19,13-8-5-9-20-13)11-17-14(18)16-10-12-6-3-2-4-7-12/h2-3,5,8-9,12,19H,4,6-7,10-11H2,1H3,(H2,16,17,18)/t12-,15-/m1/s1. The highest BCUT2D eigenvalue weighted by Gasteiger charge is 2.26. The van der Waals surface area contributed by atoms with Gasteiger partial charge in [0, 0.05) is 6.54 Å². The molecule has 0 saturated heterocycles. The lowest BCUT2D eigenvalue weighted by Crippen LogP contribution is -2.44. The Hall–Kier alpha value is -1.75. The van der Waals surface area contributed by atoms with E-state index in [9.17, 15) is 9.90 Å². The third-order valence-corrected chi connectivity index (χ3v) is 3.57. The molecule has 1 heterocycles. The Morgan fingerprint density at radius 3 is 3.00 bits per heavy atom. The summed E-state index contributed by atoms with van der Waals surface area (Å²) in [6.45, 7) is 2.38. The average Bonchev–Trinajstić information content (AvgIpc) is 2.99. The number of amides is 2. The topological polar surface area (TPSA) is 74.5 Å². The zero-order valence-corrected chi connectivity index (χ0v) is 11.8. The van der Waals surface area contributed by atoms with Crippen LogP contribution in [0, 0.1) is 5.92 Å². The average molecular weight is 278 g/mol. The molecule has 3 N–H and O–H groups in total. The van der Waals surface area contributed by atoms with Gasteiger partial charge < -0.3 is 20.2 Å². The summed E-state index contributed by atoms with van der Waals surface area (Å²) in [5, 5.41) is 15.7. The number of carbonyl (C=O) groups excluding carboxylic acids is 1. The molecule has 0 unspecified atom stereocenters. The smallest absolute Gasteiger partial charge is 0.314 e. The molecule has 5 heteroatoms. The molecule has 2 rings (SSSR count). The van der Waals surface area contributed by atoms with Gasteiger partial charge in [0.15, 0.2) is 0 Å². The molecule has 0 aliphatic heterocycles. The van der Waals surface area contributed by atoms with E-state index in [1.54, 1.807) is 19.1 Å². The molecule has 2 atom stereocenters. The summed E-state index contributed by atoms with van der Waals surface area (Å²) in [4.78, 5) is 11.7. The van der Waals surface area contributed by atoms with Gasteiger partial charge in [-0.2, -0.15) is 0 Å². The highest BCUT2D eigenvalue weighted by molar-refractivity contribution is 5.73. The van der Waals surface area contributed by atoms with Gasteiger partial charge in [-0.15, -0.1) is 0 Å². The fourth-order valence-corrected chi connectivity index (χ4v) is 2.27. The first-order valence-corrected chi connectivity index (χ1v) is 7.01. The normalized spacial score (nSPS) is 21.2. The number of carbonyl (C=O) groups is 1. The van der Waals surface area contributed by atoms with Crippen molar-refractivity contribution in [2.45, 2.75) is 31.8 Å². The van der Waals surface area contributed by atoms with Crippen LogP contribution in [-0.4, -0.2) is 24.2 Å². The van der Waals surface area contributed by atoms with E-state index in [-0.39, 0.29) is 12.6 Å². The fourth-order valence-electron chi connectivity index (χ4n) is 2.27. The number of urea groups is 1. The molecule has 0 aromatic carbocycles. The first-order valence-electron chi connectivity index (χ1n) is 7.01. The Labute approximate surface area is 119 Å². The molecule has 0 radical (unpaired) electrons. The van der Waals surface area contributed by atoms with Crippen molar-refractivity contribution in [3.63, 3.8) is 0 Å². The second-order valence-electron chi connectivity index (χ2n) is 5.47. The summed E-state index contributed by atoms with van der Waals surface area (Å²) in [5.74, 6) is 0.951. The summed E-state index contributed by atoms with van der Waals surface area (Å²) < 4.78 is 5.16. The van der Waals surface area contributed by atoms with Crippen molar-refractivity contribution in [1.82, 2.24) is 10.6 Å². The zero-order valence-electron chi connectivity index (χ0n) is 11.8. The maximum atomic E-state index is 11.7. The first kappa shape index (κ1) is 14.7. The van der Waals surface area contributed by atoms with Crippen LogP contribution in [0.5, 0.6) is 0 Å². The van der Waals surface area contributed by atoms with Crippen LogP contribution in [0.2, 0.25) is 0 Å². The van der Waals surface area contributed by atoms with E-state index in [4.69, 9.17) is 4.42 Å². The van der Waals surface area contributed by atoms with Crippen LogP contribution in [-0.2, 0) is 5.60 Å². The van der Waals surface area contributed by atoms with Gasteiger partial charge in [0.1, 0.15) is 11.4 Å². The molecular weight excluding hydrogens is 256 g/mol. The lowest BCUT2D eigenvalue weighted by molar-refractivity contribution is 0.0367. The lowest BCUT2D eigenvalue weighted by atomic mass is 9.94. The summed E-state index contributed by atoms with van der Waals surface area (Å²) in [6.07, 6.45) is 9.06. The van der Waals surface area contributed by atoms with E-state index >= 15 is 0 Å². The molecule has 2 amide bonds. The maximum Gasteiger partial charge on any atom is 0.314 e. The van der Waals surface area contributed by atoms with E-state index in [0.717, 1.165) is 19.3 Å². The monoisotopic (exact) mass is 278 g/mol. The van der Waals surface area contributed by atoms with Gasteiger partial charge in [-0.25, -0.2) is 4.79 Å². The van der Waals surface area contributed by atoms with E-state index < -0.39 is 5.60 Å². The van der Waals surface area contributed by atoms with E-state index in [1.165, 1.54) is 6.26 Å². The van der Waals surface area contributed by atoms with Crippen molar-refractivity contribution in [3.8, 4) is 0 Å². The quantitative estimate of drug-likeness (QED) is 0.722. The summed E-state index contributed by atoms with van der Waals surface area (Å²) >= 11 is 0. The largest absolute Gasteiger partial charge is 0.466 e. The van der Waals surface area contributed by atoms with E-state index in [1.807, 2.05) is 0 Å². The SMILES string of the molecule is C[C@@](O)(CNC(=O)NC[C@@H]1CC=CCC1)c1ccco1. The van der Waals surface area contributed by atoms with Gasteiger partial charge in [0.05, 0.1) is 12.8 Å². The number of allylic oxidation sites excluding steroid dienone is 2. The van der Waals surface area contributed by atoms with Crippen molar-refractivity contribution in [1.29, 1.82) is 0 Å². The van der Waals surface area contributed by atoms with Crippen LogP contribution < -0.4 is 10.6 Å². The molecule has 0 spiro atoms. The number of furan rings is 1. The van der Waals surface area contributed by atoms with Crippen LogP contribution >= 0.6 is 0 Å². The number of hydrogen-bond acceptors (Lipinski definition) is 3. The van der Waals surface area contributed by atoms with Crippen molar-refractivity contribution in [2.75, 3.05) is 13.1 Å². The van der Waals surface area contributed by atoms with Gasteiger partial charge in [0.25, 0.3) is 0 Å². The predicted octanol–water partition coefficient (Wildman–Crippen LogP) is 2.14. The van der Waals surface area contributed by atoms with Crippen LogP contribution in [0.1, 0.15) is 31.9 Å². The minimum Gasteiger partial charge on any atom is -0.466 e. The van der Waals surface area contributed by atoms with Crippen LogP contribution in [0.15, 0.2) is 35.0 Å². The van der Waals surface area contributed by atoms with Gasteiger partial charge in [-0.3, -0.25) is 0 Å². The molecule has 1 aromatic heterocycles. The molecule has 20 heavy (non-hydrogen) atoms. The number of rotatable bonds is 5. The Balaban J connectivity index is 1.71. The Morgan fingerprint density at radius 1 is 1.50 bits per heavy atom. The summed E-state index contributed by atoms with van der Waals surface area (Å²) in [7, 11) is 0. The minimum atomic E-state index is -1.20. The molecule has 5 nitrogen and oxygen atoms in total. The van der Waals surface area contributed by atoms with Gasteiger partial charge in [0.2, 0.25) is 0 Å². The molecule has 1 aliphatic carbocycles. The van der Waals surface area contributed by atoms with Gasteiger partial charge in [-0.05, 0) is 44.2 Å². The zero-order chi connectivity index (χ0) is 14.4. The summed E-state index contributed by atoms with van der Waals surface area (Å²) in [5.41, 5.74) is -1.20. The fraction of sp³-hybridized carbons (Fsp3) is 0.533. The second kappa shape index (κ2) is 6.61. The van der Waals surface area contributed by atoms with Crippen LogP contribution in [0.25, 0.3) is 0 Å². The number of hydrogen-bond donors (Lipinski definition) is 3. The molecular formula is C15H22N2O3. The molecule has 1 aromatic rings. The Kier molecular flexibility index (Phi) is 4.84. The minimum absolute atomic E-state index is 0.108. The maximum absolute atomic E-state index is 11.7. The number of nitrogens with one attached hydrogen (secondary N) is 2. The molecule has 0 saturated carbocycles. The molecule has 110 valence electrons. The van der Waals surface area contributed by atoms with Crippen LogP contribution in [0.3, 0.4) is 0 Å². The van der Waals surface area contributed by atoms with Crippen molar-refractivity contribution < 1.29 is 14.3 Å². The Bertz CT molecular complexity index is 452. The highest BCUT2D eigenvalue weighted by atomic mass is 16.4. The molecule has 1 aliphatic rings. The van der Waals surface area contributed by atoms with Gasteiger partial charge in [-0.1, -0.05) is 12.2 Å². The second-order valence-corrected chi connectivity index (χ2v) is 5.47. The van der Waals surface area contributed by atoms with Gasteiger partial charge >= 0.3 is 6.03 Å². The summed E-state index contributed by atoms with van der Waals surface area (Å²) in [6, 6.07) is 3.14. The Morgan fingerprint density at radius 2 is 2.35 bits per heavy atom. The highest BCUT2D eigenvalue weighted by Crippen LogP contribution is 2.20. The van der Waals surface area contributed by atoms with E-state index in [2.05, 4.69) is 22.8 Å². The third-order valence-electron chi connectivity index (χ3n) is 3.57. The predicted molar refractivity (Wildman–Crippen MR) is 76.2 cm³/mol. The molecule has 0 fully saturated rings. The number of aliphatic hydroxyl groups is 1. The van der Waals surface area contributed by atoms with Crippen molar-refractivity contribution in [3.05, 3.63) is 36.3 Å². The lowest BCUT2D eigenvalue weighted by Gasteiger charge is -2.22. The van der Waals surface area contributed by atoms with Crippen molar-refractivity contribution >= 4 is 6.03 Å². The van der Waals surface area contributed by atoms with Crippen LogP contribution in [0.4, 0.5) is 4.79 Å². The van der Waals surface area contributed by atoms with Crippen molar-refractivity contribution in [2.24, 2.45) is 5.92 Å². The van der Waals surface area contributed by atoms with E-state index in [0.29, 0.717) is 18.2 Å². The molecule has 0 bridgehead atoms. The first-order chi connectivity index (χ1) is 9.58.